The molecule has 2 unspecified atom stereocenters. The molecule has 1 N–H and O–H groups in total. The maximum Gasteiger partial charge on any atom is 0.309 e. The Balaban J connectivity index is 2.62. The zero-order valence-electron chi connectivity index (χ0n) is 20.1. The van der Waals surface area contributed by atoms with Crippen molar-refractivity contribution in [3.05, 3.63) is 35.9 Å². The third-order valence-electron chi connectivity index (χ3n) is 6.72. The van der Waals surface area contributed by atoms with Crippen LogP contribution in [0.5, 0.6) is 0 Å². The third kappa shape index (κ3) is 11.2. The van der Waals surface area contributed by atoms with Crippen molar-refractivity contribution in [1.29, 1.82) is 0 Å². The van der Waals surface area contributed by atoms with Crippen LogP contribution in [0.4, 0.5) is 0 Å². The highest BCUT2D eigenvalue weighted by atomic mass is 16.4. The highest BCUT2D eigenvalue weighted by molar-refractivity contribution is 5.74. The second-order valence-electron chi connectivity index (χ2n) is 9.60. The van der Waals surface area contributed by atoms with Crippen LogP contribution < -0.4 is 0 Å². The molecule has 0 amide bonds. The van der Waals surface area contributed by atoms with Crippen molar-refractivity contribution >= 4 is 5.97 Å². The topological polar surface area (TPSA) is 37.3 Å². The molecule has 30 heavy (non-hydrogen) atoms. The maximum atomic E-state index is 12.5. The van der Waals surface area contributed by atoms with Crippen molar-refractivity contribution in [1.82, 2.24) is 0 Å². The lowest BCUT2D eigenvalue weighted by molar-refractivity contribution is -0.151. The Hall–Kier alpha value is -1.31. The van der Waals surface area contributed by atoms with E-state index >= 15 is 0 Å². The van der Waals surface area contributed by atoms with Crippen molar-refractivity contribution < 1.29 is 9.90 Å². The summed E-state index contributed by atoms with van der Waals surface area (Å²) in [6.07, 6.45) is 18.1. The van der Waals surface area contributed by atoms with Gasteiger partial charge in [-0.15, -0.1) is 0 Å². The summed E-state index contributed by atoms with van der Waals surface area (Å²) in [4.78, 5) is 12.5. The number of carboxylic acid groups (broad SMARTS) is 1. The van der Waals surface area contributed by atoms with Gasteiger partial charge in [-0.1, -0.05) is 122 Å². The molecule has 1 aromatic carbocycles. The molecule has 1 aromatic rings. The minimum Gasteiger partial charge on any atom is -0.481 e. The van der Waals surface area contributed by atoms with Crippen molar-refractivity contribution in [3.63, 3.8) is 0 Å². The molecule has 0 fully saturated rings. The Morgan fingerprint density at radius 3 is 2.03 bits per heavy atom. The molecule has 0 spiro atoms. The predicted octanol–water partition coefficient (Wildman–Crippen LogP) is 8.83. The summed E-state index contributed by atoms with van der Waals surface area (Å²) in [5.74, 6) is -0.0583. The van der Waals surface area contributed by atoms with Crippen LogP contribution in [0.15, 0.2) is 30.3 Å². The van der Waals surface area contributed by atoms with Crippen molar-refractivity contribution in [2.75, 3.05) is 0 Å². The van der Waals surface area contributed by atoms with Crippen LogP contribution in [-0.2, 0) is 11.2 Å². The molecule has 2 nitrogen and oxygen atoms in total. The summed E-state index contributed by atoms with van der Waals surface area (Å²) < 4.78 is 0. The Labute approximate surface area is 186 Å². The van der Waals surface area contributed by atoms with Crippen LogP contribution in [0.3, 0.4) is 0 Å². The van der Waals surface area contributed by atoms with Crippen LogP contribution in [0.2, 0.25) is 0 Å². The first-order valence-corrected chi connectivity index (χ1v) is 12.8. The van der Waals surface area contributed by atoms with E-state index in [1.807, 2.05) is 6.07 Å². The Bertz CT molecular complexity index is 539. The number of benzene rings is 1. The van der Waals surface area contributed by atoms with Crippen LogP contribution >= 0.6 is 0 Å². The van der Waals surface area contributed by atoms with Gasteiger partial charge in [0.25, 0.3) is 0 Å². The monoisotopic (exact) mass is 416 g/mol. The smallest absolute Gasteiger partial charge is 0.309 e. The molecule has 0 radical (unpaired) electrons. The highest BCUT2D eigenvalue weighted by Gasteiger charge is 2.38. The molecule has 0 aliphatic rings. The van der Waals surface area contributed by atoms with Gasteiger partial charge in [-0.3, -0.25) is 4.79 Å². The van der Waals surface area contributed by atoms with Gasteiger partial charge in [0.15, 0.2) is 0 Å². The second-order valence-corrected chi connectivity index (χ2v) is 9.60. The summed E-state index contributed by atoms with van der Waals surface area (Å²) in [6, 6.07) is 10.5. The number of hydrogen-bond acceptors (Lipinski definition) is 1. The molecule has 0 saturated heterocycles. The van der Waals surface area contributed by atoms with Crippen LogP contribution in [-0.4, -0.2) is 11.1 Å². The average Bonchev–Trinajstić information content (AvgIpc) is 2.74. The third-order valence-corrected chi connectivity index (χ3v) is 6.72. The summed E-state index contributed by atoms with van der Waals surface area (Å²) in [6.45, 7) is 6.76. The zero-order chi connectivity index (χ0) is 22.1. The first-order valence-electron chi connectivity index (χ1n) is 12.8. The summed E-state index contributed by atoms with van der Waals surface area (Å²) in [5.41, 5.74) is 0.785. The molecule has 2 atom stereocenters. The van der Waals surface area contributed by atoms with Crippen LogP contribution in [0.25, 0.3) is 0 Å². The van der Waals surface area contributed by atoms with E-state index in [0.717, 1.165) is 44.9 Å². The average molecular weight is 417 g/mol. The first-order chi connectivity index (χ1) is 14.5. The molecule has 0 aliphatic heterocycles. The molecule has 172 valence electrons. The SMILES string of the molecule is CCCCCCCCC(C)CC(CCCCCC)(CCCc1ccccc1)C(=O)O. The summed E-state index contributed by atoms with van der Waals surface area (Å²) in [7, 11) is 0. The molecule has 0 bridgehead atoms. The van der Waals surface area contributed by atoms with E-state index in [2.05, 4.69) is 45.0 Å². The molecule has 0 heterocycles. The fraction of sp³-hybridized carbons (Fsp3) is 0.750. The fourth-order valence-corrected chi connectivity index (χ4v) is 4.84. The summed E-state index contributed by atoms with van der Waals surface area (Å²) in [5, 5.41) is 10.3. The van der Waals surface area contributed by atoms with Gasteiger partial charge in [0.2, 0.25) is 0 Å². The lowest BCUT2D eigenvalue weighted by atomic mass is 9.71. The predicted molar refractivity (Wildman–Crippen MR) is 130 cm³/mol. The molecule has 1 rings (SSSR count). The molecular formula is C28H48O2. The highest BCUT2D eigenvalue weighted by Crippen LogP contribution is 2.39. The number of rotatable bonds is 19. The quantitative estimate of drug-likeness (QED) is 0.229. The normalized spacial score (nSPS) is 14.4. The van der Waals surface area contributed by atoms with Crippen molar-refractivity contribution in [2.45, 2.75) is 124 Å². The number of hydrogen-bond donors (Lipinski definition) is 1. The first kappa shape index (κ1) is 26.7. The Morgan fingerprint density at radius 1 is 0.833 bits per heavy atom. The van der Waals surface area contributed by atoms with E-state index in [4.69, 9.17) is 0 Å². The van der Waals surface area contributed by atoms with Crippen molar-refractivity contribution in [3.8, 4) is 0 Å². The van der Waals surface area contributed by atoms with Gasteiger partial charge in [0, 0.05) is 0 Å². The van der Waals surface area contributed by atoms with Gasteiger partial charge in [-0.2, -0.15) is 0 Å². The van der Waals surface area contributed by atoms with Gasteiger partial charge in [-0.25, -0.2) is 0 Å². The lowest BCUT2D eigenvalue weighted by Gasteiger charge is -2.32. The number of carboxylic acids is 1. The number of unbranched alkanes of at least 4 members (excludes halogenated alkanes) is 8. The van der Waals surface area contributed by atoms with E-state index in [-0.39, 0.29) is 0 Å². The molecule has 0 aromatic heterocycles. The largest absolute Gasteiger partial charge is 0.481 e. The molecule has 0 saturated carbocycles. The molecular weight excluding hydrogens is 368 g/mol. The van der Waals surface area contributed by atoms with Crippen molar-refractivity contribution in [2.24, 2.45) is 11.3 Å². The number of aryl methyl sites for hydroxylation is 1. The van der Waals surface area contributed by atoms with Gasteiger partial charge in [0.1, 0.15) is 0 Å². The Morgan fingerprint density at radius 2 is 1.40 bits per heavy atom. The van der Waals surface area contributed by atoms with Crippen LogP contribution in [0, 0.1) is 11.3 Å². The van der Waals surface area contributed by atoms with E-state index in [9.17, 15) is 9.90 Å². The summed E-state index contributed by atoms with van der Waals surface area (Å²) >= 11 is 0. The second kappa shape index (κ2) is 16.4. The minimum absolute atomic E-state index is 0.496. The number of aliphatic carboxylic acids is 1. The fourth-order valence-electron chi connectivity index (χ4n) is 4.84. The van der Waals surface area contributed by atoms with Gasteiger partial charge in [-0.05, 0) is 43.6 Å². The maximum absolute atomic E-state index is 12.5. The van der Waals surface area contributed by atoms with E-state index in [1.54, 1.807) is 0 Å². The van der Waals surface area contributed by atoms with E-state index in [1.165, 1.54) is 63.4 Å². The molecule has 0 aliphatic carbocycles. The van der Waals surface area contributed by atoms with E-state index in [0.29, 0.717) is 5.92 Å². The number of carbonyl (C=O) groups is 1. The lowest BCUT2D eigenvalue weighted by Crippen LogP contribution is -2.33. The minimum atomic E-state index is -0.554. The zero-order valence-corrected chi connectivity index (χ0v) is 20.1. The van der Waals surface area contributed by atoms with E-state index < -0.39 is 11.4 Å². The van der Waals surface area contributed by atoms with Gasteiger partial charge >= 0.3 is 5.97 Å². The van der Waals surface area contributed by atoms with Gasteiger partial charge < -0.3 is 5.11 Å². The Kier molecular flexibility index (Phi) is 14.6. The molecule has 2 heteroatoms. The van der Waals surface area contributed by atoms with Crippen LogP contribution in [0.1, 0.15) is 123 Å². The van der Waals surface area contributed by atoms with Gasteiger partial charge in [0.05, 0.1) is 5.41 Å². The standard InChI is InChI=1S/C28H48O2/c1-4-6-8-10-11-13-18-25(3)24-28(27(29)30,22-16-9-7-5-2)23-17-21-26-19-14-12-15-20-26/h12,14-15,19-20,25H,4-11,13,16-18,21-24H2,1-3H3,(H,29,30).